The summed E-state index contributed by atoms with van der Waals surface area (Å²) in [6.07, 6.45) is 1.90. The molecule has 2 aromatic rings. The van der Waals surface area contributed by atoms with Gasteiger partial charge < -0.3 is 14.5 Å². The number of nitrogens with one attached hydrogen (secondary N) is 1. The molecule has 25 heavy (non-hydrogen) atoms. The Morgan fingerprint density at radius 1 is 1.44 bits per heavy atom. The van der Waals surface area contributed by atoms with Crippen molar-refractivity contribution in [2.75, 3.05) is 6.61 Å². The molecule has 1 saturated carbocycles. The highest BCUT2D eigenvalue weighted by molar-refractivity contribution is 5.85. The SMILES string of the molecule is Cc1cc(=O)oc2c(C)c(OCC(=O)N[C@@](C)(C#N)C3CC3)ccc12. The van der Waals surface area contributed by atoms with Crippen molar-refractivity contribution < 1.29 is 13.9 Å². The number of ether oxygens (including phenoxy) is 1. The summed E-state index contributed by atoms with van der Waals surface area (Å²) in [5, 5.41) is 12.9. The highest BCUT2D eigenvalue weighted by atomic mass is 16.5. The van der Waals surface area contributed by atoms with Gasteiger partial charge in [-0.25, -0.2) is 4.79 Å². The van der Waals surface area contributed by atoms with Gasteiger partial charge in [-0.15, -0.1) is 0 Å². The van der Waals surface area contributed by atoms with Crippen molar-refractivity contribution in [2.45, 2.75) is 39.2 Å². The summed E-state index contributed by atoms with van der Waals surface area (Å²) in [5.41, 5.74) is 0.687. The van der Waals surface area contributed by atoms with Gasteiger partial charge in [0.25, 0.3) is 5.91 Å². The molecule has 0 bridgehead atoms. The zero-order chi connectivity index (χ0) is 18.2. The predicted molar refractivity (Wildman–Crippen MR) is 92.3 cm³/mol. The fraction of sp³-hybridized carbons (Fsp3) is 0.421. The van der Waals surface area contributed by atoms with Gasteiger partial charge in [-0.3, -0.25) is 4.79 Å². The molecule has 1 aliphatic carbocycles. The minimum atomic E-state index is -0.844. The summed E-state index contributed by atoms with van der Waals surface area (Å²) in [6.45, 7) is 5.16. The maximum atomic E-state index is 12.1. The maximum absolute atomic E-state index is 12.1. The van der Waals surface area contributed by atoms with Crippen molar-refractivity contribution in [3.05, 3.63) is 39.7 Å². The Balaban J connectivity index is 1.75. The number of benzene rings is 1. The second kappa shape index (κ2) is 6.25. The standard InChI is InChI=1S/C19H20N2O4/c1-11-8-17(23)25-18-12(2)15(7-6-14(11)18)24-9-16(22)21-19(3,10-20)13-4-5-13/h6-8,13H,4-5,9H2,1-3H3,(H,21,22)/t19-/m0/s1. The van der Waals surface area contributed by atoms with Crippen molar-refractivity contribution in [3.63, 3.8) is 0 Å². The molecule has 1 atom stereocenters. The van der Waals surface area contributed by atoms with Crippen LogP contribution in [0.15, 0.2) is 27.4 Å². The van der Waals surface area contributed by atoms with E-state index in [0.29, 0.717) is 16.9 Å². The molecule has 1 amide bonds. The molecule has 0 aliphatic heterocycles. The second-order valence-corrected chi connectivity index (χ2v) is 6.74. The molecule has 130 valence electrons. The van der Waals surface area contributed by atoms with E-state index < -0.39 is 11.2 Å². The van der Waals surface area contributed by atoms with Crippen molar-refractivity contribution in [1.29, 1.82) is 5.26 Å². The number of carbonyl (C=O) groups is 1. The molecule has 1 aliphatic rings. The monoisotopic (exact) mass is 340 g/mol. The fourth-order valence-corrected chi connectivity index (χ4v) is 3.01. The number of nitriles is 1. The van der Waals surface area contributed by atoms with E-state index in [-0.39, 0.29) is 18.4 Å². The lowest BCUT2D eigenvalue weighted by atomic mass is 9.98. The molecule has 1 fully saturated rings. The zero-order valence-electron chi connectivity index (χ0n) is 14.5. The molecule has 6 nitrogen and oxygen atoms in total. The maximum Gasteiger partial charge on any atom is 0.336 e. The third-order valence-electron chi connectivity index (χ3n) is 4.70. The molecular formula is C19H20N2O4. The van der Waals surface area contributed by atoms with Crippen LogP contribution in [-0.2, 0) is 4.79 Å². The number of hydrogen-bond acceptors (Lipinski definition) is 5. The summed E-state index contributed by atoms with van der Waals surface area (Å²) in [4.78, 5) is 23.7. The van der Waals surface area contributed by atoms with Gasteiger partial charge in [-0.05, 0) is 57.2 Å². The molecule has 6 heteroatoms. The smallest absolute Gasteiger partial charge is 0.336 e. The van der Waals surface area contributed by atoms with Gasteiger partial charge >= 0.3 is 5.63 Å². The average Bonchev–Trinajstić information content (AvgIpc) is 3.40. The lowest BCUT2D eigenvalue weighted by molar-refractivity contribution is -0.124. The van der Waals surface area contributed by atoms with E-state index in [9.17, 15) is 14.9 Å². The number of hydrogen-bond donors (Lipinski definition) is 1. The van der Waals surface area contributed by atoms with Gasteiger partial charge in [-0.1, -0.05) is 0 Å². The number of amides is 1. The van der Waals surface area contributed by atoms with E-state index in [2.05, 4.69) is 11.4 Å². The zero-order valence-corrected chi connectivity index (χ0v) is 14.5. The second-order valence-electron chi connectivity index (χ2n) is 6.74. The van der Waals surface area contributed by atoms with Gasteiger partial charge in [0, 0.05) is 17.0 Å². The Morgan fingerprint density at radius 2 is 2.16 bits per heavy atom. The Bertz CT molecular complexity index is 937. The van der Waals surface area contributed by atoms with Crippen LogP contribution in [0.2, 0.25) is 0 Å². The number of aryl methyl sites for hydroxylation is 2. The van der Waals surface area contributed by atoms with Gasteiger partial charge in [0.2, 0.25) is 0 Å². The van der Waals surface area contributed by atoms with Crippen LogP contribution < -0.4 is 15.7 Å². The van der Waals surface area contributed by atoms with E-state index in [0.717, 1.165) is 23.8 Å². The summed E-state index contributed by atoms with van der Waals surface area (Å²) in [7, 11) is 0. The lowest BCUT2D eigenvalue weighted by Gasteiger charge is -2.23. The highest BCUT2D eigenvalue weighted by Crippen LogP contribution is 2.39. The molecule has 1 aromatic carbocycles. The number of rotatable bonds is 5. The molecule has 1 N–H and O–H groups in total. The summed E-state index contributed by atoms with van der Waals surface area (Å²) >= 11 is 0. The number of fused-ring (bicyclic) bond motifs is 1. The minimum absolute atomic E-state index is 0.202. The molecule has 1 heterocycles. The summed E-state index contributed by atoms with van der Waals surface area (Å²) in [5.74, 6) is 0.337. The first-order chi connectivity index (χ1) is 11.8. The molecule has 0 unspecified atom stereocenters. The van der Waals surface area contributed by atoms with E-state index in [1.54, 1.807) is 26.0 Å². The van der Waals surface area contributed by atoms with Gasteiger partial charge in [0.05, 0.1) is 6.07 Å². The Hall–Kier alpha value is -2.81. The largest absolute Gasteiger partial charge is 0.483 e. The first-order valence-corrected chi connectivity index (χ1v) is 8.23. The van der Waals surface area contributed by atoms with Crippen molar-refractivity contribution >= 4 is 16.9 Å². The van der Waals surface area contributed by atoms with Crippen LogP contribution in [0.1, 0.15) is 30.9 Å². The van der Waals surface area contributed by atoms with E-state index in [1.165, 1.54) is 6.07 Å². The molecule has 0 radical (unpaired) electrons. The topological polar surface area (TPSA) is 92.3 Å². The molecule has 1 aromatic heterocycles. The fourth-order valence-electron chi connectivity index (χ4n) is 3.01. The lowest BCUT2D eigenvalue weighted by Crippen LogP contribution is -2.48. The first-order valence-electron chi connectivity index (χ1n) is 8.23. The van der Waals surface area contributed by atoms with E-state index in [4.69, 9.17) is 9.15 Å². The Kier molecular flexibility index (Phi) is 4.25. The summed E-state index contributed by atoms with van der Waals surface area (Å²) < 4.78 is 10.9. The van der Waals surface area contributed by atoms with Crippen LogP contribution in [0.5, 0.6) is 5.75 Å². The van der Waals surface area contributed by atoms with Gasteiger partial charge in [0.1, 0.15) is 16.9 Å². The summed E-state index contributed by atoms with van der Waals surface area (Å²) in [6, 6.07) is 7.18. The minimum Gasteiger partial charge on any atom is -0.483 e. The molecule has 0 saturated heterocycles. The van der Waals surface area contributed by atoms with Crippen molar-refractivity contribution in [3.8, 4) is 11.8 Å². The van der Waals surface area contributed by atoms with Crippen molar-refractivity contribution in [1.82, 2.24) is 5.32 Å². The highest BCUT2D eigenvalue weighted by Gasteiger charge is 2.43. The Labute approximate surface area is 145 Å². The molecular weight excluding hydrogens is 320 g/mol. The predicted octanol–water partition coefficient (Wildman–Crippen LogP) is 2.60. The van der Waals surface area contributed by atoms with Crippen LogP contribution in [0.4, 0.5) is 0 Å². The van der Waals surface area contributed by atoms with Crippen molar-refractivity contribution in [2.24, 2.45) is 5.92 Å². The van der Waals surface area contributed by atoms with E-state index in [1.807, 2.05) is 6.92 Å². The first kappa shape index (κ1) is 17.0. The quantitative estimate of drug-likeness (QED) is 0.845. The van der Waals surface area contributed by atoms with Crippen LogP contribution in [0.25, 0.3) is 11.0 Å². The number of carbonyl (C=O) groups excluding carboxylic acids is 1. The average molecular weight is 340 g/mol. The van der Waals surface area contributed by atoms with Crippen LogP contribution >= 0.6 is 0 Å². The third-order valence-corrected chi connectivity index (χ3v) is 4.70. The van der Waals surface area contributed by atoms with Gasteiger partial charge in [-0.2, -0.15) is 5.26 Å². The third kappa shape index (κ3) is 3.36. The number of nitrogens with zero attached hydrogens (tertiary/aromatic N) is 1. The Morgan fingerprint density at radius 3 is 2.80 bits per heavy atom. The normalized spacial score (nSPS) is 16.1. The van der Waals surface area contributed by atoms with Crippen LogP contribution in [-0.4, -0.2) is 18.1 Å². The van der Waals surface area contributed by atoms with E-state index >= 15 is 0 Å². The van der Waals surface area contributed by atoms with Crippen LogP contribution in [0, 0.1) is 31.1 Å². The molecule has 3 rings (SSSR count). The molecule has 0 spiro atoms. The van der Waals surface area contributed by atoms with Crippen LogP contribution in [0.3, 0.4) is 0 Å². The van der Waals surface area contributed by atoms with Gasteiger partial charge in [0.15, 0.2) is 6.61 Å².